The van der Waals surface area contributed by atoms with Gasteiger partial charge in [0.2, 0.25) is 5.91 Å². The topological polar surface area (TPSA) is 58.6 Å². The van der Waals surface area contributed by atoms with Crippen molar-refractivity contribution in [1.82, 2.24) is 10.2 Å². The molecule has 2 aromatic carbocycles. The summed E-state index contributed by atoms with van der Waals surface area (Å²) >= 11 is 24.3. The fraction of sp³-hybridized carbons (Fsp3) is 0.364. The van der Waals surface area contributed by atoms with E-state index in [1.807, 2.05) is 20.8 Å². The maximum absolute atomic E-state index is 13.2. The van der Waals surface area contributed by atoms with Crippen LogP contribution in [0.4, 0.5) is 0 Å². The molecule has 0 fully saturated rings. The van der Waals surface area contributed by atoms with Gasteiger partial charge in [-0.1, -0.05) is 59.4 Å². The van der Waals surface area contributed by atoms with Gasteiger partial charge in [0.15, 0.2) is 6.61 Å². The summed E-state index contributed by atoms with van der Waals surface area (Å²) in [5.41, 5.74) is 0.666. The van der Waals surface area contributed by atoms with Crippen molar-refractivity contribution in [3.8, 4) is 5.75 Å². The van der Waals surface area contributed by atoms with Crippen molar-refractivity contribution in [2.24, 2.45) is 0 Å². The van der Waals surface area contributed by atoms with E-state index in [0.29, 0.717) is 32.8 Å². The van der Waals surface area contributed by atoms with Crippen molar-refractivity contribution in [3.05, 3.63) is 62.1 Å². The van der Waals surface area contributed by atoms with Crippen LogP contribution in [0.3, 0.4) is 0 Å². The molecule has 2 amide bonds. The smallest absolute Gasteiger partial charge is 0.261 e. The molecule has 31 heavy (non-hydrogen) atoms. The predicted octanol–water partition coefficient (Wildman–Crippen LogP) is 6.01. The second-order valence-corrected chi connectivity index (χ2v) is 8.90. The highest BCUT2D eigenvalue weighted by Crippen LogP contribution is 2.28. The summed E-state index contributed by atoms with van der Waals surface area (Å²) in [7, 11) is 0. The molecule has 0 spiro atoms. The first kappa shape index (κ1) is 25.6. The molecule has 168 valence electrons. The zero-order chi connectivity index (χ0) is 23.1. The normalized spacial score (nSPS) is 11.9. The SMILES string of the molecule is CC[C@H](C(=O)NC(C)C)N(Cc1ccc(Cl)cc1Cl)C(=O)COc1ccc(Cl)cc1Cl. The highest BCUT2D eigenvalue weighted by Gasteiger charge is 2.30. The minimum Gasteiger partial charge on any atom is -0.482 e. The summed E-state index contributed by atoms with van der Waals surface area (Å²) < 4.78 is 5.61. The summed E-state index contributed by atoms with van der Waals surface area (Å²) in [5, 5.41) is 4.50. The van der Waals surface area contributed by atoms with E-state index in [0.717, 1.165) is 0 Å². The third-order valence-corrected chi connectivity index (χ3v) is 5.54. The van der Waals surface area contributed by atoms with Gasteiger partial charge < -0.3 is 15.0 Å². The number of rotatable bonds is 9. The standard InChI is InChI=1S/C22H24Cl4N2O3/c1-4-19(22(30)27-13(2)3)28(11-14-5-6-15(23)9-17(14)25)21(29)12-31-20-8-7-16(24)10-18(20)26/h5-10,13,19H,4,11-12H2,1-3H3,(H,27,30)/t19-/m1/s1. The number of halogens is 4. The average Bonchev–Trinajstić information content (AvgIpc) is 2.68. The van der Waals surface area contributed by atoms with Crippen molar-refractivity contribution in [2.75, 3.05) is 6.61 Å². The second kappa shape index (κ2) is 11.8. The zero-order valence-electron chi connectivity index (χ0n) is 17.4. The summed E-state index contributed by atoms with van der Waals surface area (Å²) in [4.78, 5) is 27.4. The Kier molecular flexibility index (Phi) is 9.76. The van der Waals surface area contributed by atoms with Crippen molar-refractivity contribution in [2.45, 2.75) is 45.8 Å². The van der Waals surface area contributed by atoms with Crippen LogP contribution in [0.2, 0.25) is 20.1 Å². The Morgan fingerprint density at radius 1 is 1.00 bits per heavy atom. The molecule has 0 aromatic heterocycles. The monoisotopic (exact) mass is 504 g/mol. The Labute approximate surface area is 202 Å². The van der Waals surface area contributed by atoms with Crippen LogP contribution in [0.15, 0.2) is 36.4 Å². The van der Waals surface area contributed by atoms with Gasteiger partial charge in [-0.15, -0.1) is 0 Å². The van der Waals surface area contributed by atoms with Crippen molar-refractivity contribution in [1.29, 1.82) is 0 Å². The van der Waals surface area contributed by atoms with Crippen LogP contribution in [0.1, 0.15) is 32.8 Å². The van der Waals surface area contributed by atoms with E-state index in [-0.39, 0.29) is 36.0 Å². The van der Waals surface area contributed by atoms with E-state index >= 15 is 0 Å². The third-order valence-electron chi connectivity index (χ3n) is 4.42. The predicted molar refractivity (Wildman–Crippen MR) is 126 cm³/mol. The molecule has 0 saturated carbocycles. The number of carbonyl (C=O) groups excluding carboxylic acids is 2. The molecular formula is C22H24Cl4N2O3. The molecular weight excluding hydrogens is 482 g/mol. The van der Waals surface area contributed by atoms with Gasteiger partial charge in [-0.25, -0.2) is 0 Å². The van der Waals surface area contributed by atoms with Gasteiger partial charge in [0.25, 0.3) is 5.91 Å². The van der Waals surface area contributed by atoms with Crippen LogP contribution in [0.25, 0.3) is 0 Å². The molecule has 1 atom stereocenters. The van der Waals surface area contributed by atoms with E-state index in [2.05, 4.69) is 5.32 Å². The zero-order valence-corrected chi connectivity index (χ0v) is 20.4. The van der Waals surface area contributed by atoms with E-state index in [1.54, 1.807) is 30.3 Å². The number of nitrogens with one attached hydrogen (secondary N) is 1. The molecule has 9 heteroatoms. The maximum atomic E-state index is 13.2. The molecule has 0 heterocycles. The number of hydrogen-bond acceptors (Lipinski definition) is 3. The highest BCUT2D eigenvalue weighted by atomic mass is 35.5. The van der Waals surface area contributed by atoms with Crippen LogP contribution >= 0.6 is 46.4 Å². The Bertz CT molecular complexity index is 937. The maximum Gasteiger partial charge on any atom is 0.261 e. The molecule has 5 nitrogen and oxygen atoms in total. The lowest BCUT2D eigenvalue weighted by Gasteiger charge is -2.31. The minimum absolute atomic E-state index is 0.0678. The summed E-state index contributed by atoms with van der Waals surface area (Å²) in [6, 6.07) is 8.97. The molecule has 0 unspecified atom stereocenters. The molecule has 0 saturated heterocycles. The van der Waals surface area contributed by atoms with Gasteiger partial charge in [-0.05, 0) is 56.2 Å². The van der Waals surface area contributed by atoms with Gasteiger partial charge in [-0.3, -0.25) is 9.59 Å². The van der Waals surface area contributed by atoms with Gasteiger partial charge >= 0.3 is 0 Å². The molecule has 0 bridgehead atoms. The molecule has 0 aliphatic rings. The second-order valence-electron chi connectivity index (χ2n) is 7.21. The van der Waals surface area contributed by atoms with E-state index in [9.17, 15) is 9.59 Å². The number of benzene rings is 2. The van der Waals surface area contributed by atoms with E-state index < -0.39 is 6.04 Å². The first-order chi connectivity index (χ1) is 14.6. The fourth-order valence-corrected chi connectivity index (χ4v) is 3.88. The van der Waals surface area contributed by atoms with E-state index in [1.165, 1.54) is 11.0 Å². The van der Waals surface area contributed by atoms with Crippen LogP contribution in [-0.4, -0.2) is 35.4 Å². The Hall–Kier alpha value is -1.66. The lowest BCUT2D eigenvalue weighted by molar-refractivity contribution is -0.143. The van der Waals surface area contributed by atoms with Crippen molar-refractivity contribution < 1.29 is 14.3 Å². The number of hydrogen-bond donors (Lipinski definition) is 1. The molecule has 1 N–H and O–H groups in total. The molecule has 2 rings (SSSR count). The van der Waals surface area contributed by atoms with E-state index in [4.69, 9.17) is 51.1 Å². The quantitative estimate of drug-likeness (QED) is 0.453. The fourth-order valence-electron chi connectivity index (χ4n) is 2.95. The molecule has 0 aliphatic carbocycles. The first-order valence-electron chi connectivity index (χ1n) is 9.74. The lowest BCUT2D eigenvalue weighted by Crippen LogP contribution is -2.51. The number of carbonyl (C=O) groups is 2. The summed E-state index contributed by atoms with van der Waals surface area (Å²) in [6.45, 7) is 5.37. The van der Waals surface area contributed by atoms with Gasteiger partial charge in [0, 0.05) is 27.7 Å². The van der Waals surface area contributed by atoms with Crippen LogP contribution in [0.5, 0.6) is 5.75 Å². The van der Waals surface area contributed by atoms with Crippen LogP contribution < -0.4 is 10.1 Å². The van der Waals surface area contributed by atoms with Gasteiger partial charge in [0.1, 0.15) is 11.8 Å². The Morgan fingerprint density at radius 2 is 1.61 bits per heavy atom. The molecule has 2 aromatic rings. The average molecular weight is 506 g/mol. The Balaban J connectivity index is 2.27. The van der Waals surface area contributed by atoms with Gasteiger partial charge in [0.05, 0.1) is 5.02 Å². The first-order valence-corrected chi connectivity index (χ1v) is 11.2. The van der Waals surface area contributed by atoms with Crippen molar-refractivity contribution >= 4 is 58.2 Å². The summed E-state index contributed by atoms with van der Waals surface area (Å²) in [5.74, 6) is -0.313. The molecule has 0 aliphatic heterocycles. The van der Waals surface area contributed by atoms with Crippen LogP contribution in [-0.2, 0) is 16.1 Å². The van der Waals surface area contributed by atoms with Crippen LogP contribution in [0, 0.1) is 0 Å². The minimum atomic E-state index is -0.703. The third kappa shape index (κ3) is 7.46. The Morgan fingerprint density at radius 3 is 2.16 bits per heavy atom. The number of ether oxygens (including phenoxy) is 1. The summed E-state index contributed by atoms with van der Waals surface area (Å²) in [6.07, 6.45) is 0.414. The lowest BCUT2D eigenvalue weighted by atomic mass is 10.1. The molecule has 0 radical (unpaired) electrons. The van der Waals surface area contributed by atoms with Gasteiger partial charge in [-0.2, -0.15) is 0 Å². The largest absolute Gasteiger partial charge is 0.482 e. The highest BCUT2D eigenvalue weighted by molar-refractivity contribution is 6.35. The number of amides is 2. The number of nitrogens with zero attached hydrogens (tertiary/aromatic N) is 1. The van der Waals surface area contributed by atoms with Crippen molar-refractivity contribution in [3.63, 3.8) is 0 Å².